The van der Waals surface area contributed by atoms with Gasteiger partial charge in [-0.1, -0.05) is 49.2 Å². The molecule has 0 radical (unpaired) electrons. The van der Waals surface area contributed by atoms with Gasteiger partial charge < -0.3 is 15.5 Å². The van der Waals surface area contributed by atoms with Gasteiger partial charge in [0.25, 0.3) is 0 Å². The Hall–Kier alpha value is -2.08. The summed E-state index contributed by atoms with van der Waals surface area (Å²) in [6.45, 7) is 8.39. The first kappa shape index (κ1) is 20.6. The van der Waals surface area contributed by atoms with Crippen LogP contribution in [0, 0.1) is 0 Å². The van der Waals surface area contributed by atoms with Crippen molar-refractivity contribution >= 4 is 51.6 Å². The second-order valence-electron chi connectivity index (χ2n) is 6.47. The Morgan fingerprint density at radius 3 is 2.50 bits per heavy atom. The van der Waals surface area contributed by atoms with Crippen LogP contribution in [-0.4, -0.2) is 41.0 Å². The Bertz CT molecular complexity index is 928. The van der Waals surface area contributed by atoms with Crippen LogP contribution in [0.5, 0.6) is 0 Å². The molecule has 148 valence electrons. The van der Waals surface area contributed by atoms with Gasteiger partial charge in [0.2, 0.25) is 5.95 Å². The molecule has 28 heavy (non-hydrogen) atoms. The molecule has 5 nitrogen and oxygen atoms in total. The van der Waals surface area contributed by atoms with Gasteiger partial charge in [-0.15, -0.1) is 0 Å². The second kappa shape index (κ2) is 9.92. The number of rotatable bonds is 9. The lowest BCUT2D eigenvalue weighted by Crippen LogP contribution is -2.25. The maximum absolute atomic E-state index is 6.14. The summed E-state index contributed by atoms with van der Waals surface area (Å²) in [5.74, 6) is 1.34. The van der Waals surface area contributed by atoms with Crippen LogP contribution < -0.4 is 10.6 Å². The van der Waals surface area contributed by atoms with E-state index >= 15 is 0 Å². The fourth-order valence-electron chi connectivity index (χ4n) is 3.00. The van der Waals surface area contributed by atoms with E-state index in [-0.39, 0.29) is 0 Å². The SMILES string of the molecule is CCN(CC)CCCNc1nc(Nc2ccc(Cl)c(Cl)c2)c2ccccc2n1. The molecular formula is C21H25Cl2N5. The number of benzene rings is 2. The largest absolute Gasteiger partial charge is 0.354 e. The quantitative estimate of drug-likeness (QED) is 0.429. The van der Waals surface area contributed by atoms with Crippen molar-refractivity contribution in [3.63, 3.8) is 0 Å². The van der Waals surface area contributed by atoms with E-state index in [1.165, 1.54) is 0 Å². The number of hydrogen-bond acceptors (Lipinski definition) is 5. The highest BCUT2D eigenvalue weighted by molar-refractivity contribution is 6.42. The number of hydrogen-bond donors (Lipinski definition) is 2. The standard InChI is InChI=1S/C21H25Cl2N5/c1-3-28(4-2)13-7-12-24-21-26-19-9-6-5-8-16(19)20(27-21)25-15-10-11-17(22)18(23)14-15/h5-6,8-11,14H,3-4,7,12-13H2,1-2H3,(H2,24,25,26,27). The zero-order valence-electron chi connectivity index (χ0n) is 16.2. The predicted molar refractivity (Wildman–Crippen MR) is 120 cm³/mol. The number of para-hydroxylation sites is 1. The van der Waals surface area contributed by atoms with Crippen LogP contribution in [0.3, 0.4) is 0 Å². The molecule has 0 saturated heterocycles. The van der Waals surface area contributed by atoms with Crippen LogP contribution in [0.1, 0.15) is 20.3 Å². The van der Waals surface area contributed by atoms with Crippen LogP contribution in [0.4, 0.5) is 17.5 Å². The first-order chi connectivity index (χ1) is 13.6. The normalized spacial score (nSPS) is 11.2. The van der Waals surface area contributed by atoms with E-state index in [4.69, 9.17) is 23.2 Å². The summed E-state index contributed by atoms with van der Waals surface area (Å²) in [4.78, 5) is 11.7. The molecule has 1 heterocycles. The maximum atomic E-state index is 6.14. The molecule has 2 aromatic carbocycles. The summed E-state index contributed by atoms with van der Waals surface area (Å²) in [7, 11) is 0. The van der Waals surface area contributed by atoms with Crippen LogP contribution in [0.25, 0.3) is 10.9 Å². The van der Waals surface area contributed by atoms with Crippen molar-refractivity contribution < 1.29 is 0 Å². The van der Waals surface area contributed by atoms with Gasteiger partial charge in [0, 0.05) is 17.6 Å². The molecule has 0 aliphatic carbocycles. The third-order valence-electron chi connectivity index (χ3n) is 4.61. The molecule has 0 atom stereocenters. The first-order valence-corrected chi connectivity index (χ1v) is 10.3. The number of nitrogens with zero attached hydrogens (tertiary/aromatic N) is 3. The van der Waals surface area contributed by atoms with E-state index in [2.05, 4.69) is 39.3 Å². The summed E-state index contributed by atoms with van der Waals surface area (Å²) < 4.78 is 0. The molecule has 0 saturated carbocycles. The third kappa shape index (κ3) is 5.25. The topological polar surface area (TPSA) is 53.1 Å². The summed E-state index contributed by atoms with van der Waals surface area (Å²) >= 11 is 12.2. The number of fused-ring (bicyclic) bond motifs is 1. The molecule has 0 fully saturated rings. The number of halogens is 2. The molecule has 3 rings (SSSR count). The average molecular weight is 418 g/mol. The van der Waals surface area contributed by atoms with Crippen LogP contribution >= 0.6 is 23.2 Å². The van der Waals surface area contributed by atoms with Crippen molar-refractivity contribution in [1.29, 1.82) is 0 Å². The maximum Gasteiger partial charge on any atom is 0.225 e. The minimum absolute atomic E-state index is 0.500. The zero-order valence-corrected chi connectivity index (χ0v) is 17.7. The molecule has 2 N–H and O–H groups in total. The Kier molecular flexibility index (Phi) is 7.31. The van der Waals surface area contributed by atoms with E-state index in [9.17, 15) is 0 Å². The lowest BCUT2D eigenvalue weighted by molar-refractivity contribution is 0.303. The summed E-state index contributed by atoms with van der Waals surface area (Å²) in [5, 5.41) is 8.66. The highest BCUT2D eigenvalue weighted by atomic mass is 35.5. The summed E-state index contributed by atoms with van der Waals surface area (Å²) in [6.07, 6.45) is 1.04. The molecule has 0 bridgehead atoms. The van der Waals surface area contributed by atoms with Gasteiger partial charge in [0.15, 0.2) is 0 Å². The monoisotopic (exact) mass is 417 g/mol. The highest BCUT2D eigenvalue weighted by Crippen LogP contribution is 2.29. The molecule has 0 aliphatic rings. The molecule has 7 heteroatoms. The lowest BCUT2D eigenvalue weighted by Gasteiger charge is -2.18. The number of aromatic nitrogens is 2. The van der Waals surface area contributed by atoms with Crippen molar-refractivity contribution in [1.82, 2.24) is 14.9 Å². The van der Waals surface area contributed by atoms with E-state index in [0.717, 1.165) is 55.0 Å². The Morgan fingerprint density at radius 2 is 1.75 bits per heavy atom. The van der Waals surface area contributed by atoms with Crippen LogP contribution in [-0.2, 0) is 0 Å². The molecule has 0 amide bonds. The molecule has 3 aromatic rings. The third-order valence-corrected chi connectivity index (χ3v) is 5.35. The fraction of sp³-hybridized carbons (Fsp3) is 0.333. The van der Waals surface area contributed by atoms with Crippen molar-refractivity contribution in [2.24, 2.45) is 0 Å². The first-order valence-electron chi connectivity index (χ1n) is 9.55. The Morgan fingerprint density at radius 1 is 0.964 bits per heavy atom. The molecular weight excluding hydrogens is 393 g/mol. The average Bonchev–Trinajstić information content (AvgIpc) is 2.71. The van der Waals surface area contributed by atoms with Gasteiger partial charge in [-0.25, -0.2) is 4.98 Å². The van der Waals surface area contributed by atoms with Crippen LogP contribution in [0.15, 0.2) is 42.5 Å². The van der Waals surface area contributed by atoms with Crippen molar-refractivity contribution in [2.75, 3.05) is 36.8 Å². The molecule has 0 spiro atoms. The highest BCUT2D eigenvalue weighted by Gasteiger charge is 2.09. The van der Waals surface area contributed by atoms with Crippen molar-refractivity contribution in [3.05, 3.63) is 52.5 Å². The molecule has 0 unspecified atom stereocenters. The van der Waals surface area contributed by atoms with Gasteiger partial charge in [-0.2, -0.15) is 4.98 Å². The minimum atomic E-state index is 0.500. The van der Waals surface area contributed by atoms with Gasteiger partial charge in [0.1, 0.15) is 5.82 Å². The smallest absolute Gasteiger partial charge is 0.225 e. The molecule has 1 aromatic heterocycles. The van der Waals surface area contributed by atoms with Crippen LogP contribution in [0.2, 0.25) is 10.0 Å². The van der Waals surface area contributed by atoms with Gasteiger partial charge in [-0.05, 0) is 56.4 Å². The van der Waals surface area contributed by atoms with E-state index in [1.807, 2.05) is 30.3 Å². The van der Waals surface area contributed by atoms with E-state index in [1.54, 1.807) is 12.1 Å². The predicted octanol–water partition coefficient (Wildman–Crippen LogP) is 5.82. The Labute approximate surface area is 176 Å². The van der Waals surface area contributed by atoms with Crippen molar-refractivity contribution in [2.45, 2.75) is 20.3 Å². The van der Waals surface area contributed by atoms with E-state index in [0.29, 0.717) is 16.0 Å². The number of nitrogens with one attached hydrogen (secondary N) is 2. The second-order valence-corrected chi connectivity index (χ2v) is 7.29. The van der Waals surface area contributed by atoms with E-state index < -0.39 is 0 Å². The minimum Gasteiger partial charge on any atom is -0.354 e. The van der Waals surface area contributed by atoms with Gasteiger partial charge in [0.05, 0.1) is 15.6 Å². The fourth-order valence-corrected chi connectivity index (χ4v) is 3.30. The number of anilines is 3. The Balaban J connectivity index is 1.78. The van der Waals surface area contributed by atoms with Crippen molar-refractivity contribution in [3.8, 4) is 0 Å². The molecule has 0 aliphatic heterocycles. The summed E-state index contributed by atoms with van der Waals surface area (Å²) in [6, 6.07) is 13.4. The van der Waals surface area contributed by atoms with Gasteiger partial charge >= 0.3 is 0 Å². The lowest BCUT2D eigenvalue weighted by atomic mass is 10.2. The van der Waals surface area contributed by atoms with Gasteiger partial charge in [-0.3, -0.25) is 0 Å². The summed E-state index contributed by atoms with van der Waals surface area (Å²) in [5.41, 5.74) is 1.71. The zero-order chi connectivity index (χ0) is 19.9.